The summed E-state index contributed by atoms with van der Waals surface area (Å²) >= 11 is 0. The van der Waals surface area contributed by atoms with Gasteiger partial charge in [0.25, 0.3) is 0 Å². The molecular weight excluding hydrogens is 265 g/mol. The van der Waals surface area contributed by atoms with Gasteiger partial charge in [-0.2, -0.15) is 13.2 Å². The van der Waals surface area contributed by atoms with E-state index in [9.17, 15) is 13.2 Å². The second-order valence-corrected chi connectivity index (χ2v) is 6.33. The standard InChI is InChI=1S/C15H27F3N2/c16-15(17,18)8-4-5-10-20-11-9-19-14(12-20)13-6-2-1-3-7-13/h13-14,19H,1-12H2. The zero-order chi connectivity index (χ0) is 14.4. The molecule has 1 saturated heterocycles. The molecule has 0 aromatic carbocycles. The fourth-order valence-electron chi connectivity index (χ4n) is 3.56. The molecule has 2 fully saturated rings. The lowest BCUT2D eigenvalue weighted by Crippen LogP contribution is -2.54. The van der Waals surface area contributed by atoms with E-state index in [1.54, 1.807) is 0 Å². The summed E-state index contributed by atoms with van der Waals surface area (Å²) in [5.74, 6) is 0.779. The van der Waals surface area contributed by atoms with Crippen LogP contribution < -0.4 is 5.32 Å². The molecule has 0 aromatic heterocycles. The first-order chi connectivity index (χ1) is 9.54. The summed E-state index contributed by atoms with van der Waals surface area (Å²) in [6, 6.07) is 0.562. The molecule has 0 amide bonds. The number of rotatable bonds is 5. The number of hydrogen-bond donors (Lipinski definition) is 1. The lowest BCUT2D eigenvalue weighted by molar-refractivity contribution is -0.135. The van der Waals surface area contributed by atoms with Crippen LogP contribution in [0.15, 0.2) is 0 Å². The summed E-state index contributed by atoms with van der Waals surface area (Å²) in [7, 11) is 0. The summed E-state index contributed by atoms with van der Waals surface area (Å²) < 4.78 is 36.3. The Kier molecular flexibility index (Phi) is 6.15. The Morgan fingerprint density at radius 2 is 1.80 bits per heavy atom. The number of halogens is 3. The average Bonchev–Trinajstić information content (AvgIpc) is 2.44. The molecule has 0 spiro atoms. The highest BCUT2D eigenvalue weighted by Gasteiger charge is 2.28. The largest absolute Gasteiger partial charge is 0.389 e. The normalized spacial score (nSPS) is 26.9. The van der Waals surface area contributed by atoms with Gasteiger partial charge in [-0.25, -0.2) is 0 Å². The van der Waals surface area contributed by atoms with E-state index in [-0.39, 0.29) is 6.42 Å². The maximum Gasteiger partial charge on any atom is 0.389 e. The van der Waals surface area contributed by atoms with E-state index in [0.717, 1.165) is 32.1 Å². The van der Waals surface area contributed by atoms with Crippen LogP contribution in [0.1, 0.15) is 51.4 Å². The molecule has 0 radical (unpaired) electrons. The molecule has 2 aliphatic rings. The molecule has 0 bridgehead atoms. The van der Waals surface area contributed by atoms with Gasteiger partial charge in [0.15, 0.2) is 0 Å². The molecule has 1 N–H and O–H groups in total. The van der Waals surface area contributed by atoms with Gasteiger partial charge in [0.05, 0.1) is 0 Å². The van der Waals surface area contributed by atoms with Gasteiger partial charge in [-0.05, 0) is 38.1 Å². The van der Waals surface area contributed by atoms with Crippen molar-refractivity contribution in [2.24, 2.45) is 5.92 Å². The Balaban J connectivity index is 1.65. The van der Waals surface area contributed by atoms with Crippen LogP contribution in [0.5, 0.6) is 0 Å². The minimum atomic E-state index is -3.99. The van der Waals surface area contributed by atoms with E-state index in [1.165, 1.54) is 32.1 Å². The van der Waals surface area contributed by atoms with E-state index in [1.807, 2.05) is 0 Å². The van der Waals surface area contributed by atoms with Crippen LogP contribution in [0.3, 0.4) is 0 Å². The van der Waals surface area contributed by atoms with Crippen LogP contribution in [0.25, 0.3) is 0 Å². The van der Waals surface area contributed by atoms with Crippen molar-refractivity contribution in [3.05, 3.63) is 0 Å². The lowest BCUT2D eigenvalue weighted by atomic mass is 9.83. The van der Waals surface area contributed by atoms with Gasteiger partial charge in [0.2, 0.25) is 0 Å². The third-order valence-electron chi connectivity index (χ3n) is 4.69. The van der Waals surface area contributed by atoms with Crippen molar-refractivity contribution in [1.82, 2.24) is 10.2 Å². The number of unbranched alkanes of at least 4 members (excludes halogenated alkanes) is 1. The van der Waals surface area contributed by atoms with Crippen LogP contribution in [0.4, 0.5) is 13.2 Å². The number of nitrogens with one attached hydrogen (secondary N) is 1. The van der Waals surface area contributed by atoms with Crippen LogP contribution >= 0.6 is 0 Å². The molecule has 2 rings (SSSR count). The third kappa shape index (κ3) is 5.60. The number of piperazine rings is 1. The van der Waals surface area contributed by atoms with Crippen molar-refractivity contribution in [3.63, 3.8) is 0 Å². The van der Waals surface area contributed by atoms with Crippen LogP contribution in [-0.2, 0) is 0 Å². The Morgan fingerprint density at radius 1 is 1.05 bits per heavy atom. The van der Waals surface area contributed by atoms with Gasteiger partial charge in [0.1, 0.15) is 0 Å². The van der Waals surface area contributed by atoms with E-state index >= 15 is 0 Å². The smallest absolute Gasteiger partial charge is 0.311 e. The average molecular weight is 292 g/mol. The second-order valence-electron chi connectivity index (χ2n) is 6.33. The minimum absolute atomic E-state index is 0.265. The van der Waals surface area contributed by atoms with Gasteiger partial charge in [-0.1, -0.05) is 19.3 Å². The summed E-state index contributed by atoms with van der Waals surface area (Å²) in [4.78, 5) is 2.35. The zero-order valence-electron chi connectivity index (χ0n) is 12.2. The Labute approximate surface area is 120 Å². The second kappa shape index (κ2) is 7.64. The monoisotopic (exact) mass is 292 g/mol. The molecule has 0 aromatic rings. The molecular formula is C15H27F3N2. The third-order valence-corrected chi connectivity index (χ3v) is 4.69. The van der Waals surface area contributed by atoms with Crippen molar-refractivity contribution < 1.29 is 13.2 Å². The van der Waals surface area contributed by atoms with Gasteiger partial charge >= 0.3 is 6.18 Å². The molecule has 20 heavy (non-hydrogen) atoms. The maximum absolute atomic E-state index is 12.1. The van der Waals surface area contributed by atoms with E-state index < -0.39 is 12.6 Å². The number of alkyl halides is 3. The quantitative estimate of drug-likeness (QED) is 0.779. The van der Waals surface area contributed by atoms with Crippen molar-refractivity contribution in [2.75, 3.05) is 26.2 Å². The van der Waals surface area contributed by atoms with Crippen molar-refractivity contribution in [3.8, 4) is 0 Å². The number of nitrogens with zero attached hydrogens (tertiary/aromatic N) is 1. The SMILES string of the molecule is FC(F)(F)CCCCN1CCNC(C2CCCCC2)C1. The summed E-state index contributed by atoms with van der Waals surface area (Å²) in [5, 5.41) is 3.61. The van der Waals surface area contributed by atoms with E-state index in [2.05, 4.69) is 10.2 Å². The van der Waals surface area contributed by atoms with Crippen LogP contribution in [0.2, 0.25) is 0 Å². The lowest BCUT2D eigenvalue weighted by Gasteiger charge is -2.39. The van der Waals surface area contributed by atoms with Crippen molar-refractivity contribution in [1.29, 1.82) is 0 Å². The Morgan fingerprint density at radius 3 is 2.50 bits per heavy atom. The van der Waals surface area contributed by atoms with Crippen molar-refractivity contribution >= 4 is 0 Å². The topological polar surface area (TPSA) is 15.3 Å². The summed E-state index contributed by atoms with van der Waals surface area (Å²) in [6.07, 6.45) is 2.99. The number of hydrogen-bond acceptors (Lipinski definition) is 2. The molecule has 2 nitrogen and oxygen atoms in total. The van der Waals surface area contributed by atoms with E-state index in [4.69, 9.17) is 0 Å². The summed E-state index contributed by atoms with van der Waals surface area (Å²) in [6.45, 7) is 3.81. The van der Waals surface area contributed by atoms with Crippen LogP contribution in [0, 0.1) is 5.92 Å². The maximum atomic E-state index is 12.1. The molecule has 1 heterocycles. The fraction of sp³-hybridized carbons (Fsp3) is 1.00. The van der Waals surface area contributed by atoms with Crippen LogP contribution in [-0.4, -0.2) is 43.3 Å². The molecule has 1 unspecified atom stereocenters. The Bertz CT molecular complexity index is 275. The fourth-order valence-corrected chi connectivity index (χ4v) is 3.56. The van der Waals surface area contributed by atoms with Gasteiger partial charge in [-0.15, -0.1) is 0 Å². The summed E-state index contributed by atoms with van der Waals surface area (Å²) in [5.41, 5.74) is 0. The molecule has 1 saturated carbocycles. The van der Waals surface area contributed by atoms with Gasteiger partial charge in [0, 0.05) is 32.1 Å². The molecule has 5 heteroatoms. The Hall–Kier alpha value is -0.290. The predicted octanol–water partition coefficient (Wildman–Crippen LogP) is 3.57. The first-order valence-electron chi connectivity index (χ1n) is 8.07. The molecule has 1 atom stereocenters. The zero-order valence-corrected chi connectivity index (χ0v) is 12.2. The first kappa shape index (κ1) is 16.1. The first-order valence-corrected chi connectivity index (χ1v) is 8.07. The predicted molar refractivity (Wildman–Crippen MR) is 74.7 cm³/mol. The highest BCUT2D eigenvalue weighted by atomic mass is 19.4. The van der Waals surface area contributed by atoms with Crippen molar-refractivity contribution in [2.45, 2.75) is 63.6 Å². The minimum Gasteiger partial charge on any atom is -0.311 e. The van der Waals surface area contributed by atoms with Gasteiger partial charge < -0.3 is 10.2 Å². The highest BCUT2D eigenvalue weighted by Crippen LogP contribution is 2.28. The molecule has 1 aliphatic carbocycles. The van der Waals surface area contributed by atoms with E-state index in [0.29, 0.717) is 12.5 Å². The molecule has 118 valence electrons. The highest BCUT2D eigenvalue weighted by molar-refractivity contribution is 4.85. The van der Waals surface area contributed by atoms with Gasteiger partial charge in [-0.3, -0.25) is 0 Å². The molecule has 1 aliphatic heterocycles.